The molecule has 0 aromatic rings. The average molecular weight is 327 g/mol. The molecular formula is C12H23ClN2O4S. The molecule has 20 heavy (non-hydrogen) atoms. The van der Waals surface area contributed by atoms with Gasteiger partial charge in [-0.15, -0.1) is 11.6 Å². The van der Waals surface area contributed by atoms with Gasteiger partial charge in [-0.25, -0.2) is 8.42 Å². The summed E-state index contributed by atoms with van der Waals surface area (Å²) in [5.41, 5.74) is 0. The standard InChI is InChI=1S/C12H23ClN2O4S/c1-9(2)14-12(16)11-7-19-5-4-15(11)20(17,18)8-10(3)6-13/h9-11H,4-8H2,1-3H3,(H,14,16). The molecule has 2 atom stereocenters. The van der Waals surface area contributed by atoms with Gasteiger partial charge in [0.25, 0.3) is 0 Å². The number of alkyl halides is 1. The molecule has 1 amide bonds. The van der Waals surface area contributed by atoms with Crippen molar-refractivity contribution in [3.8, 4) is 0 Å². The maximum atomic E-state index is 12.4. The molecule has 1 N–H and O–H groups in total. The van der Waals surface area contributed by atoms with Crippen molar-refractivity contribution in [1.29, 1.82) is 0 Å². The molecule has 0 bridgehead atoms. The van der Waals surface area contributed by atoms with Crippen LogP contribution in [-0.2, 0) is 19.6 Å². The fraction of sp³-hybridized carbons (Fsp3) is 0.917. The van der Waals surface area contributed by atoms with Crippen LogP contribution in [0.1, 0.15) is 20.8 Å². The molecule has 1 aliphatic heterocycles. The number of nitrogens with one attached hydrogen (secondary N) is 1. The highest BCUT2D eigenvalue weighted by atomic mass is 35.5. The Morgan fingerprint density at radius 1 is 1.45 bits per heavy atom. The fourth-order valence-electron chi connectivity index (χ4n) is 2.01. The van der Waals surface area contributed by atoms with Gasteiger partial charge in [-0.05, 0) is 19.8 Å². The topological polar surface area (TPSA) is 75.7 Å². The van der Waals surface area contributed by atoms with Gasteiger partial charge >= 0.3 is 0 Å². The third kappa shape index (κ3) is 4.87. The highest BCUT2D eigenvalue weighted by Crippen LogP contribution is 2.16. The van der Waals surface area contributed by atoms with Gasteiger partial charge in [0.05, 0.1) is 19.0 Å². The Morgan fingerprint density at radius 2 is 2.10 bits per heavy atom. The molecule has 0 spiro atoms. The zero-order valence-electron chi connectivity index (χ0n) is 12.1. The van der Waals surface area contributed by atoms with E-state index in [9.17, 15) is 13.2 Å². The van der Waals surface area contributed by atoms with E-state index in [1.54, 1.807) is 6.92 Å². The summed E-state index contributed by atoms with van der Waals surface area (Å²) in [6.45, 7) is 6.03. The average Bonchev–Trinajstić information content (AvgIpc) is 2.37. The van der Waals surface area contributed by atoms with Crippen LogP contribution in [0, 0.1) is 5.92 Å². The van der Waals surface area contributed by atoms with Crippen molar-refractivity contribution in [2.45, 2.75) is 32.9 Å². The summed E-state index contributed by atoms with van der Waals surface area (Å²) in [6.07, 6.45) is 0. The molecule has 0 radical (unpaired) electrons. The lowest BCUT2D eigenvalue weighted by Gasteiger charge is -2.34. The first-order valence-electron chi connectivity index (χ1n) is 6.71. The number of rotatable bonds is 6. The van der Waals surface area contributed by atoms with Crippen LogP contribution >= 0.6 is 11.6 Å². The maximum absolute atomic E-state index is 12.4. The van der Waals surface area contributed by atoms with E-state index in [4.69, 9.17) is 16.3 Å². The first-order chi connectivity index (χ1) is 9.27. The number of amides is 1. The molecule has 1 fully saturated rings. The van der Waals surface area contributed by atoms with Crippen molar-refractivity contribution in [3.63, 3.8) is 0 Å². The van der Waals surface area contributed by atoms with Crippen molar-refractivity contribution >= 4 is 27.5 Å². The Bertz CT molecular complexity index is 427. The van der Waals surface area contributed by atoms with Crippen LogP contribution in [0.15, 0.2) is 0 Å². The largest absolute Gasteiger partial charge is 0.378 e. The Hall–Kier alpha value is -0.370. The van der Waals surface area contributed by atoms with Gasteiger partial charge in [-0.1, -0.05) is 6.92 Å². The molecule has 1 saturated heterocycles. The molecule has 1 rings (SSSR count). The van der Waals surface area contributed by atoms with Crippen molar-refractivity contribution in [2.75, 3.05) is 31.4 Å². The van der Waals surface area contributed by atoms with Crippen LogP contribution in [0.2, 0.25) is 0 Å². The highest BCUT2D eigenvalue weighted by Gasteiger charge is 2.37. The molecule has 0 aromatic heterocycles. The van der Waals surface area contributed by atoms with Crippen molar-refractivity contribution in [3.05, 3.63) is 0 Å². The zero-order chi connectivity index (χ0) is 15.3. The highest BCUT2D eigenvalue weighted by molar-refractivity contribution is 7.89. The summed E-state index contributed by atoms with van der Waals surface area (Å²) in [5, 5.41) is 2.73. The minimum atomic E-state index is -3.52. The van der Waals surface area contributed by atoms with Crippen molar-refractivity contribution in [1.82, 2.24) is 9.62 Å². The number of ether oxygens (including phenoxy) is 1. The monoisotopic (exact) mass is 326 g/mol. The molecule has 1 heterocycles. The van der Waals surface area contributed by atoms with Crippen LogP contribution in [0.4, 0.5) is 0 Å². The van der Waals surface area contributed by atoms with Crippen LogP contribution in [0.5, 0.6) is 0 Å². The number of halogens is 1. The molecule has 118 valence electrons. The number of sulfonamides is 1. The van der Waals surface area contributed by atoms with E-state index in [0.29, 0.717) is 6.61 Å². The quantitative estimate of drug-likeness (QED) is 0.718. The predicted molar refractivity (Wildman–Crippen MR) is 78.3 cm³/mol. The number of carbonyl (C=O) groups excluding carboxylic acids is 1. The molecule has 1 aliphatic rings. The van der Waals surface area contributed by atoms with Crippen LogP contribution in [-0.4, -0.2) is 62.1 Å². The Labute approximate surface area is 125 Å². The molecule has 0 saturated carbocycles. The maximum Gasteiger partial charge on any atom is 0.241 e. The van der Waals surface area contributed by atoms with Crippen LogP contribution < -0.4 is 5.32 Å². The lowest BCUT2D eigenvalue weighted by Crippen LogP contribution is -2.57. The fourth-order valence-corrected chi connectivity index (χ4v) is 4.17. The zero-order valence-corrected chi connectivity index (χ0v) is 13.7. The van der Waals surface area contributed by atoms with E-state index in [0.717, 1.165) is 0 Å². The Morgan fingerprint density at radius 3 is 2.65 bits per heavy atom. The molecule has 8 heteroatoms. The summed E-state index contributed by atoms with van der Waals surface area (Å²) < 4.78 is 31.3. The lowest BCUT2D eigenvalue weighted by molar-refractivity contribution is -0.129. The summed E-state index contributed by atoms with van der Waals surface area (Å²) in [5.74, 6) is -0.255. The molecule has 2 unspecified atom stereocenters. The number of nitrogens with zero attached hydrogens (tertiary/aromatic N) is 1. The second-order valence-corrected chi connectivity index (χ2v) is 7.68. The van der Waals surface area contributed by atoms with Gasteiger partial charge in [0.1, 0.15) is 6.04 Å². The number of hydrogen-bond acceptors (Lipinski definition) is 4. The third-order valence-corrected chi connectivity index (χ3v) is 5.60. The second kappa shape index (κ2) is 7.59. The van der Waals surface area contributed by atoms with E-state index in [-0.39, 0.29) is 42.7 Å². The predicted octanol–water partition coefficient (Wildman–Crippen LogP) is 0.417. The summed E-state index contributed by atoms with van der Waals surface area (Å²) >= 11 is 5.68. The normalized spacial score (nSPS) is 22.8. The Balaban J connectivity index is 2.85. The smallest absolute Gasteiger partial charge is 0.241 e. The minimum absolute atomic E-state index is 0.0456. The van der Waals surface area contributed by atoms with Crippen molar-refractivity contribution in [2.24, 2.45) is 5.92 Å². The number of hydrogen-bond donors (Lipinski definition) is 1. The Kier molecular flexibility index (Phi) is 6.71. The van der Waals surface area contributed by atoms with E-state index in [1.807, 2.05) is 13.8 Å². The molecule has 0 aromatic carbocycles. The van der Waals surface area contributed by atoms with Gasteiger partial charge in [0, 0.05) is 18.5 Å². The SMILES string of the molecule is CC(CCl)CS(=O)(=O)N1CCOCC1C(=O)NC(C)C. The molecular weight excluding hydrogens is 304 g/mol. The van der Waals surface area contributed by atoms with Gasteiger partial charge in [0.2, 0.25) is 15.9 Å². The minimum Gasteiger partial charge on any atom is -0.378 e. The first kappa shape index (κ1) is 17.7. The first-order valence-corrected chi connectivity index (χ1v) is 8.86. The van der Waals surface area contributed by atoms with Gasteiger partial charge in [0.15, 0.2) is 0 Å². The third-order valence-electron chi connectivity index (χ3n) is 2.93. The van der Waals surface area contributed by atoms with E-state index in [2.05, 4.69) is 5.32 Å². The summed E-state index contributed by atoms with van der Waals surface area (Å²) in [7, 11) is -3.52. The van der Waals surface area contributed by atoms with Crippen LogP contribution in [0.25, 0.3) is 0 Å². The number of morpholine rings is 1. The van der Waals surface area contributed by atoms with Crippen molar-refractivity contribution < 1.29 is 17.9 Å². The van der Waals surface area contributed by atoms with E-state index in [1.165, 1.54) is 4.31 Å². The van der Waals surface area contributed by atoms with E-state index < -0.39 is 16.1 Å². The van der Waals surface area contributed by atoms with E-state index >= 15 is 0 Å². The lowest BCUT2D eigenvalue weighted by atomic mass is 10.2. The van der Waals surface area contributed by atoms with Gasteiger partial charge in [-0.2, -0.15) is 4.31 Å². The number of carbonyl (C=O) groups is 1. The molecule has 6 nitrogen and oxygen atoms in total. The van der Waals surface area contributed by atoms with Crippen LogP contribution in [0.3, 0.4) is 0 Å². The second-order valence-electron chi connectivity index (χ2n) is 5.40. The summed E-state index contributed by atoms with van der Waals surface area (Å²) in [4.78, 5) is 12.1. The van der Waals surface area contributed by atoms with Gasteiger partial charge < -0.3 is 10.1 Å². The molecule has 0 aliphatic carbocycles. The summed E-state index contributed by atoms with van der Waals surface area (Å²) in [6, 6.07) is -0.838. The van der Waals surface area contributed by atoms with Gasteiger partial charge in [-0.3, -0.25) is 4.79 Å².